The normalized spacial score (nSPS) is 11.8. The van der Waals surface area contributed by atoms with Crippen LogP contribution in [0.3, 0.4) is 0 Å². The molecule has 4 aromatic rings. The number of hydrogen-bond donors (Lipinski definition) is 3. The molecule has 0 saturated carbocycles. The summed E-state index contributed by atoms with van der Waals surface area (Å²) >= 11 is 0. The molecule has 0 bridgehead atoms. The summed E-state index contributed by atoms with van der Waals surface area (Å²) in [4.78, 5) is 24.5. The number of aromatic nitrogens is 3. The van der Waals surface area contributed by atoms with Crippen molar-refractivity contribution in [2.24, 2.45) is 0 Å². The van der Waals surface area contributed by atoms with Crippen LogP contribution in [0.5, 0.6) is 0 Å². The van der Waals surface area contributed by atoms with Crippen molar-refractivity contribution in [3.05, 3.63) is 95.6 Å². The first-order valence-corrected chi connectivity index (χ1v) is 9.89. The Morgan fingerprint density at radius 2 is 1.78 bits per heavy atom. The third-order valence-corrected chi connectivity index (χ3v) is 5.07. The Morgan fingerprint density at radius 1 is 1.03 bits per heavy atom. The number of benzene rings is 3. The number of hydroxylamine groups is 1. The molecule has 1 atom stereocenters. The predicted molar refractivity (Wildman–Crippen MR) is 114 cm³/mol. The number of rotatable bonds is 7. The van der Waals surface area contributed by atoms with Gasteiger partial charge in [0.15, 0.2) is 0 Å². The number of nitrogens with zero attached hydrogens (tertiary/aromatic N) is 3. The minimum absolute atomic E-state index is 0.0691. The summed E-state index contributed by atoms with van der Waals surface area (Å²) in [6.45, 7) is 0.0691. The van der Waals surface area contributed by atoms with Gasteiger partial charge in [-0.1, -0.05) is 47.7 Å². The van der Waals surface area contributed by atoms with E-state index < -0.39 is 17.8 Å². The molecule has 0 unspecified atom stereocenters. The summed E-state index contributed by atoms with van der Waals surface area (Å²) in [6, 6.07) is 18.1. The largest absolute Gasteiger partial charge is 0.346 e. The van der Waals surface area contributed by atoms with Gasteiger partial charge in [-0.15, -0.1) is 5.10 Å². The van der Waals surface area contributed by atoms with Crippen LogP contribution in [-0.4, -0.2) is 32.0 Å². The lowest BCUT2D eigenvalue weighted by Crippen LogP contribution is -2.32. The van der Waals surface area contributed by atoms with Gasteiger partial charge in [-0.05, 0) is 40.6 Å². The Morgan fingerprint density at radius 3 is 2.53 bits per heavy atom. The van der Waals surface area contributed by atoms with Gasteiger partial charge >= 0.3 is 0 Å². The average molecular weight is 433 g/mol. The van der Waals surface area contributed by atoms with Crippen LogP contribution in [0.1, 0.15) is 27.7 Å². The summed E-state index contributed by atoms with van der Waals surface area (Å²) in [5, 5.41) is 22.0. The zero-order chi connectivity index (χ0) is 22.5. The summed E-state index contributed by atoms with van der Waals surface area (Å²) < 4.78 is 14.4. The van der Waals surface area contributed by atoms with Crippen molar-refractivity contribution in [2.75, 3.05) is 0 Å². The minimum Gasteiger partial charge on any atom is -0.346 e. The molecule has 162 valence electrons. The maximum absolute atomic E-state index is 13.0. The Hall–Kier alpha value is -4.11. The second-order valence-electron chi connectivity index (χ2n) is 7.26. The van der Waals surface area contributed by atoms with Crippen LogP contribution in [0.2, 0.25) is 0 Å². The fourth-order valence-corrected chi connectivity index (χ4v) is 3.39. The van der Waals surface area contributed by atoms with E-state index in [0.29, 0.717) is 11.3 Å². The lowest BCUT2D eigenvalue weighted by Gasteiger charge is -2.15. The number of hydrogen-bond acceptors (Lipinski definition) is 5. The fraction of sp³-hybridized carbons (Fsp3) is 0.130. The molecule has 0 radical (unpaired) electrons. The average Bonchev–Trinajstić information content (AvgIpc) is 3.29. The first-order valence-electron chi connectivity index (χ1n) is 9.89. The molecule has 32 heavy (non-hydrogen) atoms. The highest BCUT2D eigenvalue weighted by Gasteiger charge is 2.22. The minimum atomic E-state index is -0.838. The first kappa shape index (κ1) is 21.1. The summed E-state index contributed by atoms with van der Waals surface area (Å²) in [5.74, 6) is -1.45. The summed E-state index contributed by atoms with van der Waals surface area (Å²) in [7, 11) is 0. The van der Waals surface area contributed by atoms with Crippen LogP contribution in [0.4, 0.5) is 4.39 Å². The molecule has 0 saturated heterocycles. The Kier molecular flexibility index (Phi) is 6.18. The second kappa shape index (κ2) is 9.36. The van der Waals surface area contributed by atoms with Gasteiger partial charge in [-0.25, -0.2) is 14.6 Å². The molecule has 0 aliphatic heterocycles. The molecule has 1 aromatic heterocycles. The molecule has 2 amide bonds. The fourth-order valence-electron chi connectivity index (χ4n) is 3.39. The van der Waals surface area contributed by atoms with Crippen molar-refractivity contribution in [3.63, 3.8) is 0 Å². The molecule has 4 rings (SSSR count). The highest BCUT2D eigenvalue weighted by molar-refractivity contribution is 5.94. The quantitative estimate of drug-likeness (QED) is 0.307. The number of carbonyl (C=O) groups excluding carboxylic acids is 2. The Labute approximate surface area is 182 Å². The summed E-state index contributed by atoms with van der Waals surface area (Å²) in [5.41, 5.74) is 3.30. The van der Waals surface area contributed by atoms with Gasteiger partial charge in [0.1, 0.15) is 17.6 Å². The Balaban J connectivity index is 1.47. The van der Waals surface area contributed by atoms with Crippen LogP contribution in [0.15, 0.2) is 72.9 Å². The van der Waals surface area contributed by atoms with Gasteiger partial charge in [0, 0.05) is 12.0 Å². The number of amides is 2. The van der Waals surface area contributed by atoms with E-state index in [-0.39, 0.29) is 18.9 Å². The number of fused-ring (bicyclic) bond motifs is 1. The van der Waals surface area contributed by atoms with Gasteiger partial charge < -0.3 is 5.32 Å². The lowest BCUT2D eigenvalue weighted by atomic mass is 10.0. The van der Waals surface area contributed by atoms with Crippen LogP contribution < -0.4 is 10.8 Å². The molecule has 1 heterocycles. The van der Waals surface area contributed by atoms with Crippen LogP contribution in [0.25, 0.3) is 10.8 Å². The van der Waals surface area contributed by atoms with Gasteiger partial charge in [-0.3, -0.25) is 14.8 Å². The highest BCUT2D eigenvalue weighted by Crippen LogP contribution is 2.20. The third-order valence-electron chi connectivity index (χ3n) is 5.07. The molecule has 9 heteroatoms. The van der Waals surface area contributed by atoms with E-state index in [1.165, 1.54) is 35.1 Å². The number of halogens is 1. The van der Waals surface area contributed by atoms with Gasteiger partial charge in [0.2, 0.25) is 0 Å². The maximum atomic E-state index is 13.0. The molecule has 0 aliphatic carbocycles. The Bertz CT molecular complexity index is 1260. The van der Waals surface area contributed by atoms with E-state index in [0.717, 1.165) is 16.3 Å². The molecule has 3 N–H and O–H groups in total. The number of carbonyl (C=O) groups is 2. The van der Waals surface area contributed by atoms with Gasteiger partial charge in [-0.2, -0.15) is 0 Å². The van der Waals surface area contributed by atoms with Crippen molar-refractivity contribution in [2.45, 2.75) is 19.0 Å². The maximum Gasteiger partial charge on any atom is 0.268 e. The second-order valence-corrected chi connectivity index (χ2v) is 7.26. The molecule has 3 aromatic carbocycles. The zero-order valence-corrected chi connectivity index (χ0v) is 16.9. The van der Waals surface area contributed by atoms with Crippen LogP contribution in [0, 0.1) is 5.82 Å². The lowest BCUT2D eigenvalue weighted by molar-refractivity contribution is -0.133. The highest BCUT2D eigenvalue weighted by atomic mass is 19.1. The van der Waals surface area contributed by atoms with Crippen LogP contribution in [-0.2, 0) is 17.8 Å². The molecule has 0 fully saturated rings. The van der Waals surface area contributed by atoms with Crippen molar-refractivity contribution in [3.8, 4) is 0 Å². The van der Waals surface area contributed by atoms with Crippen molar-refractivity contribution < 1.29 is 19.2 Å². The van der Waals surface area contributed by atoms with Crippen molar-refractivity contribution in [1.82, 2.24) is 25.8 Å². The van der Waals surface area contributed by atoms with Crippen LogP contribution >= 0.6 is 0 Å². The van der Waals surface area contributed by atoms with E-state index in [2.05, 4.69) is 15.6 Å². The van der Waals surface area contributed by atoms with E-state index in [4.69, 9.17) is 0 Å². The van der Waals surface area contributed by atoms with E-state index in [1.54, 1.807) is 5.48 Å². The first-order chi connectivity index (χ1) is 15.5. The molecular weight excluding hydrogens is 413 g/mol. The standard InChI is InChI=1S/C23H20FN5O3/c24-19-9-7-17(8-10-19)22(30)25-13-20-14-29(28-26-20)21(23(31)27-32)12-15-5-6-16-3-1-2-4-18(16)11-15/h1-11,14,21,32H,12-13H2,(H,25,30)(H,27,31)/t21-/m1/s1. The van der Waals surface area contributed by atoms with Crippen molar-refractivity contribution in [1.29, 1.82) is 0 Å². The summed E-state index contributed by atoms with van der Waals surface area (Å²) in [6.07, 6.45) is 1.81. The predicted octanol–water partition coefficient (Wildman–Crippen LogP) is 2.79. The topological polar surface area (TPSA) is 109 Å². The molecule has 8 nitrogen and oxygen atoms in total. The van der Waals surface area contributed by atoms with Gasteiger partial charge in [0.05, 0.1) is 12.7 Å². The third kappa shape index (κ3) is 4.79. The zero-order valence-electron chi connectivity index (χ0n) is 16.9. The van der Waals surface area contributed by atoms with E-state index >= 15 is 0 Å². The van der Waals surface area contributed by atoms with Gasteiger partial charge in [0.25, 0.3) is 11.8 Å². The number of nitrogens with one attached hydrogen (secondary N) is 2. The molecule has 0 spiro atoms. The van der Waals surface area contributed by atoms with E-state index in [1.807, 2.05) is 42.5 Å². The smallest absolute Gasteiger partial charge is 0.268 e. The van der Waals surface area contributed by atoms with Crippen molar-refractivity contribution >= 4 is 22.6 Å². The monoisotopic (exact) mass is 433 g/mol. The molecular formula is C23H20FN5O3. The molecule has 0 aliphatic rings. The van der Waals surface area contributed by atoms with E-state index in [9.17, 15) is 19.2 Å². The SMILES string of the molecule is O=C(NCc1cn([C@H](Cc2ccc3ccccc3c2)C(=O)NO)nn1)c1ccc(F)cc1.